The zero-order valence-electron chi connectivity index (χ0n) is 12.7. The van der Waals surface area contributed by atoms with Crippen molar-refractivity contribution < 1.29 is 4.74 Å². The summed E-state index contributed by atoms with van der Waals surface area (Å²) >= 11 is 0. The Morgan fingerprint density at radius 1 is 1.35 bits per heavy atom. The summed E-state index contributed by atoms with van der Waals surface area (Å²) in [5, 5.41) is 3.79. The van der Waals surface area contributed by atoms with Crippen molar-refractivity contribution in [2.24, 2.45) is 5.92 Å². The third kappa shape index (κ3) is 2.99. The SMILES string of the molecule is COc1ccccc1CN1CCCNC(C)(C2CC2)C1. The molecule has 1 atom stereocenters. The van der Waals surface area contributed by atoms with Crippen LogP contribution in [0.15, 0.2) is 24.3 Å². The predicted molar refractivity (Wildman–Crippen MR) is 82.0 cm³/mol. The van der Waals surface area contributed by atoms with Gasteiger partial charge >= 0.3 is 0 Å². The fourth-order valence-corrected chi connectivity index (χ4v) is 3.48. The Labute approximate surface area is 122 Å². The van der Waals surface area contributed by atoms with Crippen LogP contribution in [0.4, 0.5) is 0 Å². The number of benzene rings is 1. The van der Waals surface area contributed by atoms with E-state index in [1.165, 1.54) is 31.4 Å². The summed E-state index contributed by atoms with van der Waals surface area (Å²) in [5.41, 5.74) is 1.61. The van der Waals surface area contributed by atoms with Crippen molar-refractivity contribution in [3.05, 3.63) is 29.8 Å². The van der Waals surface area contributed by atoms with Crippen molar-refractivity contribution in [1.29, 1.82) is 0 Å². The maximum atomic E-state index is 5.49. The van der Waals surface area contributed by atoms with E-state index in [-0.39, 0.29) is 0 Å². The molecule has 1 unspecified atom stereocenters. The van der Waals surface area contributed by atoms with Gasteiger partial charge in [0.05, 0.1) is 7.11 Å². The van der Waals surface area contributed by atoms with Gasteiger partial charge in [0.1, 0.15) is 5.75 Å². The van der Waals surface area contributed by atoms with Crippen molar-refractivity contribution in [2.45, 2.75) is 38.3 Å². The van der Waals surface area contributed by atoms with E-state index in [1.807, 2.05) is 6.07 Å². The summed E-state index contributed by atoms with van der Waals surface area (Å²) in [7, 11) is 1.76. The van der Waals surface area contributed by atoms with Gasteiger partial charge in [-0.15, -0.1) is 0 Å². The van der Waals surface area contributed by atoms with Crippen molar-refractivity contribution in [3.63, 3.8) is 0 Å². The third-order valence-electron chi connectivity index (χ3n) is 4.80. The number of hydrogen-bond donors (Lipinski definition) is 1. The average molecular weight is 274 g/mol. The second-order valence-corrected chi connectivity index (χ2v) is 6.49. The smallest absolute Gasteiger partial charge is 0.123 e. The summed E-state index contributed by atoms with van der Waals surface area (Å²) in [6.07, 6.45) is 4.02. The third-order valence-corrected chi connectivity index (χ3v) is 4.80. The maximum Gasteiger partial charge on any atom is 0.123 e. The molecule has 0 spiro atoms. The van der Waals surface area contributed by atoms with E-state index in [0.29, 0.717) is 5.54 Å². The van der Waals surface area contributed by atoms with Gasteiger partial charge < -0.3 is 10.1 Å². The Kier molecular flexibility index (Phi) is 3.99. The normalized spacial score (nSPS) is 28.1. The van der Waals surface area contributed by atoms with Crippen LogP contribution < -0.4 is 10.1 Å². The molecule has 1 aromatic rings. The number of hydrogen-bond acceptors (Lipinski definition) is 3. The van der Waals surface area contributed by atoms with Crippen LogP contribution in [0.5, 0.6) is 5.75 Å². The molecule has 1 heterocycles. The quantitative estimate of drug-likeness (QED) is 0.913. The number of nitrogens with zero attached hydrogens (tertiary/aromatic N) is 1. The van der Waals surface area contributed by atoms with Crippen LogP contribution in [0.3, 0.4) is 0 Å². The molecule has 0 bridgehead atoms. The lowest BCUT2D eigenvalue weighted by Gasteiger charge is -2.34. The molecule has 1 saturated carbocycles. The summed E-state index contributed by atoms with van der Waals surface area (Å²) in [4.78, 5) is 2.59. The standard InChI is InChI=1S/C17H26N2O/c1-17(15-8-9-15)13-19(11-5-10-18-17)12-14-6-3-4-7-16(14)20-2/h3-4,6-7,15,18H,5,8-13H2,1-2H3. The van der Waals surface area contributed by atoms with Crippen LogP contribution in [0.1, 0.15) is 31.7 Å². The van der Waals surface area contributed by atoms with Gasteiger partial charge in [0.25, 0.3) is 0 Å². The molecule has 2 aliphatic rings. The Bertz CT molecular complexity index is 458. The van der Waals surface area contributed by atoms with Crippen LogP contribution >= 0.6 is 0 Å². The minimum absolute atomic E-state index is 0.304. The molecule has 3 heteroatoms. The zero-order valence-corrected chi connectivity index (χ0v) is 12.7. The zero-order chi connectivity index (χ0) is 14.0. The van der Waals surface area contributed by atoms with Gasteiger partial charge in [-0.1, -0.05) is 18.2 Å². The molecule has 2 fully saturated rings. The van der Waals surface area contributed by atoms with Crippen molar-refractivity contribution in [1.82, 2.24) is 10.2 Å². The monoisotopic (exact) mass is 274 g/mol. The van der Waals surface area contributed by atoms with E-state index in [9.17, 15) is 0 Å². The minimum Gasteiger partial charge on any atom is -0.496 e. The number of para-hydroxylation sites is 1. The van der Waals surface area contributed by atoms with E-state index in [0.717, 1.165) is 31.3 Å². The van der Waals surface area contributed by atoms with Gasteiger partial charge in [-0.3, -0.25) is 4.90 Å². The van der Waals surface area contributed by atoms with Crippen molar-refractivity contribution in [3.8, 4) is 5.75 Å². The predicted octanol–water partition coefficient (Wildman–Crippen LogP) is 2.66. The van der Waals surface area contributed by atoms with E-state index in [4.69, 9.17) is 4.74 Å². The molecule has 1 N–H and O–H groups in total. The molecule has 1 aromatic carbocycles. The number of rotatable bonds is 4. The lowest BCUT2D eigenvalue weighted by Crippen LogP contribution is -2.50. The van der Waals surface area contributed by atoms with Gasteiger partial charge in [-0.25, -0.2) is 0 Å². The molecule has 110 valence electrons. The van der Waals surface area contributed by atoms with E-state index >= 15 is 0 Å². The van der Waals surface area contributed by atoms with Gasteiger partial charge in [0.2, 0.25) is 0 Å². The largest absolute Gasteiger partial charge is 0.496 e. The van der Waals surface area contributed by atoms with E-state index < -0.39 is 0 Å². The van der Waals surface area contributed by atoms with Gasteiger partial charge in [-0.05, 0) is 51.3 Å². The number of nitrogens with one attached hydrogen (secondary N) is 1. The molecule has 3 rings (SSSR count). The molecule has 3 nitrogen and oxygen atoms in total. The molecule has 0 amide bonds. The highest BCUT2D eigenvalue weighted by atomic mass is 16.5. The van der Waals surface area contributed by atoms with Gasteiger partial charge in [0, 0.05) is 24.2 Å². The molecule has 1 aliphatic carbocycles. The van der Waals surface area contributed by atoms with Crippen LogP contribution in [0, 0.1) is 5.92 Å². The fraction of sp³-hybridized carbons (Fsp3) is 0.647. The molecule has 0 radical (unpaired) electrons. The second kappa shape index (κ2) is 5.74. The van der Waals surface area contributed by atoms with Crippen LogP contribution in [-0.2, 0) is 6.54 Å². The first-order valence-electron chi connectivity index (χ1n) is 7.80. The average Bonchev–Trinajstić information content (AvgIpc) is 3.28. The lowest BCUT2D eigenvalue weighted by atomic mass is 9.95. The fourth-order valence-electron chi connectivity index (χ4n) is 3.48. The van der Waals surface area contributed by atoms with Crippen molar-refractivity contribution >= 4 is 0 Å². The second-order valence-electron chi connectivity index (χ2n) is 6.49. The van der Waals surface area contributed by atoms with E-state index in [2.05, 4.69) is 35.3 Å². The summed E-state index contributed by atoms with van der Waals surface area (Å²) in [5.74, 6) is 1.89. The highest BCUT2D eigenvalue weighted by molar-refractivity contribution is 5.33. The first-order valence-corrected chi connectivity index (χ1v) is 7.80. The molecule has 20 heavy (non-hydrogen) atoms. The lowest BCUT2D eigenvalue weighted by molar-refractivity contribution is 0.193. The topological polar surface area (TPSA) is 24.5 Å². The summed E-state index contributed by atoms with van der Waals surface area (Å²) in [6, 6.07) is 8.39. The molecule has 1 saturated heterocycles. The maximum absolute atomic E-state index is 5.49. The first-order chi connectivity index (χ1) is 9.71. The van der Waals surface area contributed by atoms with E-state index in [1.54, 1.807) is 7.11 Å². The molecule has 1 aliphatic heterocycles. The van der Waals surface area contributed by atoms with Crippen LogP contribution in [-0.4, -0.2) is 37.2 Å². The summed E-state index contributed by atoms with van der Waals surface area (Å²) < 4.78 is 5.49. The van der Waals surface area contributed by atoms with Gasteiger partial charge in [0.15, 0.2) is 0 Å². The van der Waals surface area contributed by atoms with Crippen LogP contribution in [0.25, 0.3) is 0 Å². The van der Waals surface area contributed by atoms with Crippen LogP contribution in [0.2, 0.25) is 0 Å². The molecular formula is C17H26N2O. The number of ether oxygens (including phenoxy) is 1. The Hall–Kier alpha value is -1.06. The Balaban J connectivity index is 1.72. The minimum atomic E-state index is 0.304. The highest BCUT2D eigenvalue weighted by Crippen LogP contribution is 2.40. The van der Waals surface area contributed by atoms with Gasteiger partial charge in [-0.2, -0.15) is 0 Å². The number of methoxy groups -OCH3 is 1. The molecule has 0 aromatic heterocycles. The highest BCUT2D eigenvalue weighted by Gasteiger charge is 2.42. The Morgan fingerprint density at radius 3 is 2.90 bits per heavy atom. The summed E-state index contributed by atoms with van der Waals surface area (Å²) in [6.45, 7) is 6.87. The first kappa shape index (κ1) is 13.9. The molecular weight excluding hydrogens is 248 g/mol. The Morgan fingerprint density at radius 2 is 2.15 bits per heavy atom. The van der Waals surface area contributed by atoms with Crippen molar-refractivity contribution in [2.75, 3.05) is 26.7 Å².